The van der Waals surface area contributed by atoms with Crippen LogP contribution in [0.5, 0.6) is 0 Å². The highest BCUT2D eigenvalue weighted by Gasteiger charge is 2.13. The first kappa shape index (κ1) is 11.7. The van der Waals surface area contributed by atoms with Gasteiger partial charge in [-0.2, -0.15) is 0 Å². The summed E-state index contributed by atoms with van der Waals surface area (Å²) in [5.74, 6) is -0.219. The smallest absolute Gasteiger partial charge is 0.129 e. The number of benzene rings is 1. The summed E-state index contributed by atoms with van der Waals surface area (Å²) in [6.07, 6.45) is 2.94. The van der Waals surface area contributed by atoms with E-state index in [9.17, 15) is 4.39 Å². The first-order valence-electron chi connectivity index (χ1n) is 4.86. The number of rotatable bonds is 4. The van der Waals surface area contributed by atoms with Gasteiger partial charge in [0.25, 0.3) is 0 Å². The molecule has 0 aliphatic rings. The molecule has 0 aliphatic heterocycles. The third-order valence-corrected chi connectivity index (χ3v) is 2.93. The molecular weight excluding hydrogens is 245 g/mol. The second-order valence-corrected chi connectivity index (χ2v) is 4.24. The highest BCUT2D eigenvalue weighted by molar-refractivity contribution is 9.10. The van der Waals surface area contributed by atoms with Crippen LogP contribution in [0.2, 0.25) is 0 Å². The van der Waals surface area contributed by atoms with Crippen LogP contribution in [0.1, 0.15) is 37.8 Å². The third-order valence-electron chi connectivity index (χ3n) is 2.24. The van der Waals surface area contributed by atoms with Crippen LogP contribution < -0.4 is 5.73 Å². The molecule has 2 N–H and O–H groups in total. The second kappa shape index (κ2) is 5.47. The third kappa shape index (κ3) is 2.79. The Morgan fingerprint density at radius 3 is 2.79 bits per heavy atom. The van der Waals surface area contributed by atoms with Crippen molar-refractivity contribution in [3.63, 3.8) is 0 Å². The molecule has 0 saturated carbocycles. The molecule has 0 saturated heterocycles. The zero-order chi connectivity index (χ0) is 10.6. The van der Waals surface area contributed by atoms with Crippen LogP contribution in [0.15, 0.2) is 22.7 Å². The number of halogens is 2. The van der Waals surface area contributed by atoms with Crippen LogP contribution in [0.25, 0.3) is 0 Å². The quantitative estimate of drug-likeness (QED) is 0.875. The minimum absolute atomic E-state index is 0.203. The van der Waals surface area contributed by atoms with E-state index in [-0.39, 0.29) is 11.9 Å². The first-order chi connectivity index (χ1) is 6.66. The van der Waals surface area contributed by atoms with Gasteiger partial charge in [0, 0.05) is 16.1 Å². The Morgan fingerprint density at radius 1 is 1.50 bits per heavy atom. The summed E-state index contributed by atoms with van der Waals surface area (Å²) in [5, 5.41) is 0. The topological polar surface area (TPSA) is 26.0 Å². The number of hydrogen-bond acceptors (Lipinski definition) is 1. The minimum Gasteiger partial charge on any atom is -0.324 e. The van der Waals surface area contributed by atoms with E-state index in [1.165, 1.54) is 6.07 Å². The monoisotopic (exact) mass is 259 g/mol. The molecule has 0 heterocycles. The van der Waals surface area contributed by atoms with E-state index < -0.39 is 0 Å². The molecule has 0 radical (unpaired) electrons. The first-order valence-corrected chi connectivity index (χ1v) is 5.65. The summed E-state index contributed by atoms with van der Waals surface area (Å²) in [6.45, 7) is 2.10. The largest absolute Gasteiger partial charge is 0.324 e. The fourth-order valence-corrected chi connectivity index (χ4v) is 2.07. The van der Waals surface area contributed by atoms with E-state index >= 15 is 0 Å². The lowest BCUT2D eigenvalue weighted by molar-refractivity contribution is 0.545. The number of hydrogen-bond donors (Lipinski definition) is 1. The fraction of sp³-hybridized carbons (Fsp3) is 0.455. The fourth-order valence-electron chi connectivity index (χ4n) is 1.43. The Balaban J connectivity index is 2.82. The zero-order valence-corrected chi connectivity index (χ0v) is 9.85. The van der Waals surface area contributed by atoms with Crippen molar-refractivity contribution in [3.8, 4) is 0 Å². The van der Waals surface area contributed by atoms with Crippen LogP contribution in [-0.4, -0.2) is 0 Å². The lowest BCUT2D eigenvalue weighted by Crippen LogP contribution is -2.12. The van der Waals surface area contributed by atoms with Crippen LogP contribution in [0.3, 0.4) is 0 Å². The van der Waals surface area contributed by atoms with E-state index in [0.29, 0.717) is 5.56 Å². The molecule has 3 heteroatoms. The van der Waals surface area contributed by atoms with Gasteiger partial charge in [0.05, 0.1) is 0 Å². The van der Waals surface area contributed by atoms with E-state index in [1.807, 2.05) is 6.07 Å². The Bertz CT molecular complexity index is 281. The second-order valence-electron chi connectivity index (χ2n) is 3.38. The molecule has 0 aliphatic carbocycles. The Labute approximate surface area is 92.6 Å². The molecule has 14 heavy (non-hydrogen) atoms. The number of nitrogens with two attached hydrogens (primary N) is 1. The van der Waals surface area contributed by atoms with E-state index in [1.54, 1.807) is 6.07 Å². The highest BCUT2D eigenvalue weighted by Crippen LogP contribution is 2.27. The lowest BCUT2D eigenvalue weighted by atomic mass is 10.0. The zero-order valence-electron chi connectivity index (χ0n) is 8.26. The highest BCUT2D eigenvalue weighted by atomic mass is 79.9. The van der Waals surface area contributed by atoms with Gasteiger partial charge in [0.15, 0.2) is 0 Å². The number of unbranched alkanes of at least 4 members (excludes halogenated alkanes) is 1. The van der Waals surface area contributed by atoms with Crippen LogP contribution >= 0.6 is 15.9 Å². The van der Waals surface area contributed by atoms with Crippen molar-refractivity contribution in [3.05, 3.63) is 34.1 Å². The van der Waals surface area contributed by atoms with Gasteiger partial charge in [0.1, 0.15) is 5.82 Å². The van der Waals surface area contributed by atoms with Crippen molar-refractivity contribution in [2.75, 3.05) is 0 Å². The van der Waals surface area contributed by atoms with E-state index in [4.69, 9.17) is 5.73 Å². The molecule has 1 unspecified atom stereocenters. The van der Waals surface area contributed by atoms with Gasteiger partial charge < -0.3 is 5.73 Å². The maximum absolute atomic E-state index is 13.4. The predicted molar refractivity (Wildman–Crippen MR) is 60.6 cm³/mol. The van der Waals surface area contributed by atoms with Gasteiger partial charge in [0.2, 0.25) is 0 Å². The molecule has 0 spiro atoms. The molecule has 1 nitrogen and oxygen atoms in total. The van der Waals surface area contributed by atoms with Crippen LogP contribution in [-0.2, 0) is 0 Å². The molecule has 1 aromatic carbocycles. The average Bonchev–Trinajstić information content (AvgIpc) is 2.14. The normalized spacial score (nSPS) is 12.9. The van der Waals surface area contributed by atoms with Crippen LogP contribution in [0, 0.1) is 5.82 Å². The van der Waals surface area contributed by atoms with Crippen molar-refractivity contribution < 1.29 is 4.39 Å². The molecule has 0 amide bonds. The van der Waals surface area contributed by atoms with Crippen molar-refractivity contribution >= 4 is 15.9 Å². The SMILES string of the molecule is CCCCC(N)c1c(F)cccc1Br. The van der Waals surface area contributed by atoms with Gasteiger partial charge in [-0.3, -0.25) is 0 Å². The molecule has 0 bridgehead atoms. The molecule has 0 fully saturated rings. The molecule has 1 aromatic rings. The average molecular weight is 260 g/mol. The Kier molecular flexibility index (Phi) is 4.55. The van der Waals surface area contributed by atoms with Gasteiger partial charge in [-0.15, -0.1) is 0 Å². The molecule has 0 aromatic heterocycles. The maximum Gasteiger partial charge on any atom is 0.129 e. The van der Waals surface area contributed by atoms with Crippen molar-refractivity contribution in [1.82, 2.24) is 0 Å². The van der Waals surface area contributed by atoms with Crippen molar-refractivity contribution in [2.45, 2.75) is 32.2 Å². The maximum atomic E-state index is 13.4. The molecule has 78 valence electrons. The standard InChI is InChI=1S/C11H15BrFN/c1-2-3-7-10(14)11-8(12)5-4-6-9(11)13/h4-6,10H,2-3,7,14H2,1H3. The van der Waals surface area contributed by atoms with Gasteiger partial charge in [-0.1, -0.05) is 41.8 Å². The molecule has 1 atom stereocenters. The van der Waals surface area contributed by atoms with Crippen molar-refractivity contribution in [1.29, 1.82) is 0 Å². The summed E-state index contributed by atoms with van der Waals surface area (Å²) >= 11 is 3.32. The lowest BCUT2D eigenvalue weighted by Gasteiger charge is -2.14. The Hall–Kier alpha value is -0.410. The molecular formula is C11H15BrFN. The summed E-state index contributed by atoms with van der Waals surface area (Å²) < 4.78 is 14.2. The summed E-state index contributed by atoms with van der Waals surface area (Å²) in [7, 11) is 0. The summed E-state index contributed by atoms with van der Waals surface area (Å²) in [5.41, 5.74) is 6.51. The predicted octanol–water partition coefficient (Wildman–Crippen LogP) is 3.78. The Morgan fingerprint density at radius 2 is 2.21 bits per heavy atom. The van der Waals surface area contributed by atoms with E-state index in [0.717, 1.165) is 23.7 Å². The van der Waals surface area contributed by atoms with E-state index in [2.05, 4.69) is 22.9 Å². The summed E-state index contributed by atoms with van der Waals surface area (Å²) in [6, 6.07) is 4.75. The van der Waals surface area contributed by atoms with Gasteiger partial charge in [-0.05, 0) is 18.6 Å². The van der Waals surface area contributed by atoms with Crippen molar-refractivity contribution in [2.24, 2.45) is 5.73 Å². The summed E-state index contributed by atoms with van der Waals surface area (Å²) in [4.78, 5) is 0. The van der Waals surface area contributed by atoms with Gasteiger partial charge >= 0.3 is 0 Å². The molecule has 1 rings (SSSR count). The van der Waals surface area contributed by atoms with Gasteiger partial charge in [-0.25, -0.2) is 4.39 Å². The van der Waals surface area contributed by atoms with Crippen LogP contribution in [0.4, 0.5) is 4.39 Å². The minimum atomic E-state index is -0.219.